The van der Waals surface area contributed by atoms with Gasteiger partial charge in [-0.1, -0.05) is 24.3 Å². The molecule has 0 aliphatic carbocycles. The smallest absolute Gasteiger partial charge is 0.363 e. The average Bonchev–Trinajstić information content (AvgIpc) is 3.02. The number of cyclic esters (lactones) is 1. The molecule has 0 spiro atoms. The molecule has 0 amide bonds. The first-order chi connectivity index (χ1) is 13.4. The fraction of sp³-hybridized carbons (Fsp3) is 0.100. The Kier molecular flexibility index (Phi) is 6.79. The number of rotatable bonds is 6. The van der Waals surface area contributed by atoms with Crippen LogP contribution >= 0.6 is 50.1 Å². The number of halogens is 3. The molecule has 0 saturated heterocycles. The summed E-state index contributed by atoms with van der Waals surface area (Å²) >= 11 is 11.8. The predicted molar refractivity (Wildman–Crippen MR) is 121 cm³/mol. The van der Waals surface area contributed by atoms with E-state index in [1.165, 1.54) is 0 Å². The molecule has 5 nitrogen and oxygen atoms in total. The lowest BCUT2D eigenvalue weighted by Crippen LogP contribution is -2.06. The summed E-state index contributed by atoms with van der Waals surface area (Å²) in [6, 6.07) is 8.95. The molecule has 0 atom stereocenters. The Morgan fingerprint density at radius 2 is 2.14 bits per heavy atom. The van der Waals surface area contributed by atoms with E-state index in [4.69, 9.17) is 25.8 Å². The molecule has 0 radical (unpaired) electrons. The number of ether oxygens (including phenoxy) is 3. The van der Waals surface area contributed by atoms with Crippen molar-refractivity contribution in [2.24, 2.45) is 4.99 Å². The van der Waals surface area contributed by atoms with Crippen molar-refractivity contribution in [3.05, 3.63) is 72.9 Å². The van der Waals surface area contributed by atoms with Gasteiger partial charge >= 0.3 is 5.97 Å². The molecule has 0 bridgehead atoms. The van der Waals surface area contributed by atoms with Crippen LogP contribution in [-0.2, 0) is 9.53 Å². The molecule has 3 rings (SSSR count). The molecule has 0 N–H and O–H groups in total. The number of carbonyl (C=O) groups excluding carboxylic acids is 1. The maximum absolute atomic E-state index is 12.3. The van der Waals surface area contributed by atoms with Gasteiger partial charge in [-0.15, -0.1) is 0 Å². The van der Waals surface area contributed by atoms with E-state index in [0.29, 0.717) is 38.7 Å². The summed E-state index contributed by atoms with van der Waals surface area (Å²) < 4.78 is 17.9. The van der Waals surface area contributed by atoms with E-state index in [-0.39, 0.29) is 11.6 Å². The third-order valence-corrected chi connectivity index (χ3v) is 5.27. The molecule has 1 aliphatic heterocycles. The molecule has 0 aromatic heterocycles. The lowest BCUT2D eigenvalue weighted by Gasteiger charge is -2.12. The third-order valence-electron chi connectivity index (χ3n) is 3.68. The van der Waals surface area contributed by atoms with E-state index < -0.39 is 5.97 Å². The number of nitrogens with zero attached hydrogens (tertiary/aromatic N) is 1. The minimum absolute atomic E-state index is 0.165. The second kappa shape index (κ2) is 9.11. The Morgan fingerprint density at radius 3 is 2.86 bits per heavy atom. The molecule has 0 saturated carbocycles. The summed E-state index contributed by atoms with van der Waals surface area (Å²) in [4.78, 5) is 16.6. The zero-order valence-electron chi connectivity index (χ0n) is 14.7. The number of benzene rings is 2. The van der Waals surface area contributed by atoms with Crippen molar-refractivity contribution in [3.8, 4) is 11.5 Å². The van der Waals surface area contributed by atoms with Crippen molar-refractivity contribution >= 4 is 68.1 Å². The van der Waals surface area contributed by atoms with Crippen LogP contribution in [0.5, 0.6) is 11.5 Å². The first-order valence-electron chi connectivity index (χ1n) is 8.02. The quantitative estimate of drug-likeness (QED) is 0.194. The fourth-order valence-electron chi connectivity index (χ4n) is 2.45. The van der Waals surface area contributed by atoms with Crippen LogP contribution in [0.1, 0.15) is 11.1 Å². The molecule has 0 fully saturated rings. The second-order valence-corrected chi connectivity index (χ2v) is 8.10. The highest BCUT2D eigenvalue weighted by Gasteiger charge is 2.26. The zero-order valence-corrected chi connectivity index (χ0v) is 19.2. The molecule has 2 aromatic carbocycles. The second-order valence-electron chi connectivity index (χ2n) is 5.59. The maximum Gasteiger partial charge on any atom is 0.363 e. The van der Waals surface area contributed by atoms with E-state index >= 15 is 0 Å². The minimum Gasteiger partial charge on any atom is -0.493 e. The van der Waals surface area contributed by atoms with Crippen molar-refractivity contribution in [1.82, 2.24) is 0 Å². The summed E-state index contributed by atoms with van der Waals surface area (Å²) in [5, 5.41) is 0.460. The highest BCUT2D eigenvalue weighted by Crippen LogP contribution is 2.37. The van der Waals surface area contributed by atoms with Gasteiger partial charge in [-0.2, -0.15) is 0 Å². The van der Waals surface area contributed by atoms with Crippen molar-refractivity contribution in [2.75, 3.05) is 13.7 Å². The highest BCUT2D eigenvalue weighted by molar-refractivity contribution is 14.1. The largest absolute Gasteiger partial charge is 0.493 e. The number of methoxy groups -OCH3 is 1. The van der Waals surface area contributed by atoms with Gasteiger partial charge in [-0.3, -0.25) is 0 Å². The molecular weight excluding hydrogens is 560 g/mol. The van der Waals surface area contributed by atoms with Crippen LogP contribution in [0.3, 0.4) is 0 Å². The van der Waals surface area contributed by atoms with Gasteiger partial charge in [-0.05, 0) is 80.5 Å². The van der Waals surface area contributed by atoms with Gasteiger partial charge in [0, 0.05) is 3.57 Å². The summed E-state index contributed by atoms with van der Waals surface area (Å²) in [5.41, 5.74) is 1.43. The number of hydrogen-bond acceptors (Lipinski definition) is 5. The normalized spacial score (nSPS) is 14.6. The van der Waals surface area contributed by atoms with Crippen LogP contribution in [0.4, 0.5) is 0 Å². The van der Waals surface area contributed by atoms with E-state index in [1.54, 1.807) is 37.5 Å². The van der Waals surface area contributed by atoms with Gasteiger partial charge in [0.05, 0.1) is 22.2 Å². The molecule has 144 valence electrons. The van der Waals surface area contributed by atoms with Gasteiger partial charge in [0.1, 0.15) is 6.61 Å². The monoisotopic (exact) mass is 573 g/mol. The molecule has 8 heteroatoms. The van der Waals surface area contributed by atoms with E-state index in [2.05, 4.69) is 50.1 Å². The van der Waals surface area contributed by atoms with Crippen molar-refractivity contribution in [3.63, 3.8) is 0 Å². The highest BCUT2D eigenvalue weighted by atomic mass is 127. The number of aliphatic imine (C=N–C) groups is 1. The van der Waals surface area contributed by atoms with Crippen LogP contribution in [0.25, 0.3) is 6.08 Å². The van der Waals surface area contributed by atoms with Gasteiger partial charge in [-0.25, -0.2) is 9.79 Å². The van der Waals surface area contributed by atoms with Gasteiger partial charge < -0.3 is 14.2 Å². The molecule has 1 heterocycles. The van der Waals surface area contributed by atoms with Crippen LogP contribution in [0.15, 0.2) is 58.1 Å². The molecule has 1 aliphatic rings. The summed E-state index contributed by atoms with van der Waals surface area (Å²) in [5.74, 6) is 0.691. The molecule has 28 heavy (non-hydrogen) atoms. The Labute approximate surface area is 189 Å². The van der Waals surface area contributed by atoms with E-state index in [1.807, 2.05) is 12.1 Å². The van der Waals surface area contributed by atoms with E-state index in [0.717, 1.165) is 3.57 Å². The number of carbonyl (C=O) groups is 1. The van der Waals surface area contributed by atoms with Gasteiger partial charge in [0.15, 0.2) is 17.2 Å². The van der Waals surface area contributed by atoms with Crippen molar-refractivity contribution in [1.29, 1.82) is 0 Å². The lowest BCUT2D eigenvalue weighted by molar-refractivity contribution is -0.129. The standard InChI is InChI=1S/C20H14BrClINO4/c1-3-6-27-18-14(21)7-11(9-17(18)26-2)8-16-20(25)28-19(24-16)13-10-12(23)4-5-15(13)22/h3-5,7-10H,1,6H2,2H3/b16-8-. The van der Waals surface area contributed by atoms with Crippen LogP contribution < -0.4 is 9.47 Å². The zero-order chi connectivity index (χ0) is 20.3. The van der Waals surface area contributed by atoms with Gasteiger partial charge in [0.2, 0.25) is 5.90 Å². The topological polar surface area (TPSA) is 57.1 Å². The SMILES string of the molecule is C=CCOc1c(Br)cc(/C=C2\N=C(c3cc(I)ccc3Cl)OC2=O)cc1OC. The molecule has 2 aromatic rings. The maximum atomic E-state index is 12.3. The lowest BCUT2D eigenvalue weighted by atomic mass is 10.1. The number of hydrogen-bond donors (Lipinski definition) is 0. The van der Waals surface area contributed by atoms with Gasteiger partial charge in [0.25, 0.3) is 0 Å². The summed E-state index contributed by atoms with van der Waals surface area (Å²) in [7, 11) is 1.54. The van der Waals surface area contributed by atoms with Crippen LogP contribution in [0.2, 0.25) is 5.02 Å². The first-order valence-corrected chi connectivity index (χ1v) is 10.3. The van der Waals surface area contributed by atoms with Crippen molar-refractivity contribution in [2.45, 2.75) is 0 Å². The Balaban J connectivity index is 1.98. The average molecular weight is 575 g/mol. The molecular formula is C20H14BrClINO4. The first kappa shape index (κ1) is 20.9. The Bertz CT molecular complexity index is 1020. The summed E-state index contributed by atoms with van der Waals surface area (Å²) in [6.45, 7) is 3.97. The number of esters is 1. The van der Waals surface area contributed by atoms with Crippen LogP contribution in [0, 0.1) is 3.57 Å². The Hall–Kier alpha value is -1.84. The predicted octanol–water partition coefficient (Wildman–Crippen LogP) is 5.63. The van der Waals surface area contributed by atoms with E-state index in [9.17, 15) is 4.79 Å². The third kappa shape index (κ3) is 4.59. The Morgan fingerprint density at radius 1 is 1.36 bits per heavy atom. The minimum atomic E-state index is -0.549. The van der Waals surface area contributed by atoms with Crippen LogP contribution in [-0.4, -0.2) is 25.6 Å². The fourth-order valence-corrected chi connectivity index (χ4v) is 3.71. The molecule has 0 unspecified atom stereocenters. The van der Waals surface area contributed by atoms with Crippen molar-refractivity contribution < 1.29 is 19.0 Å². The summed E-state index contributed by atoms with van der Waals surface area (Å²) in [6.07, 6.45) is 3.25.